The fraction of sp³-hybridized carbons (Fsp3) is 0.833. The zero-order valence-corrected chi connectivity index (χ0v) is 12.3. The molecule has 0 rings (SSSR count). The van der Waals surface area contributed by atoms with Gasteiger partial charge in [-0.15, -0.1) is 0 Å². The molecule has 0 aromatic rings. The number of alkyl halides is 3. The van der Waals surface area contributed by atoms with Gasteiger partial charge in [-0.2, -0.15) is 13.2 Å². The van der Waals surface area contributed by atoms with Crippen molar-refractivity contribution in [2.45, 2.75) is 32.5 Å². The van der Waals surface area contributed by atoms with E-state index < -0.39 is 31.1 Å². The van der Waals surface area contributed by atoms with Crippen molar-refractivity contribution < 1.29 is 22.8 Å². The molecule has 0 aliphatic carbocycles. The van der Waals surface area contributed by atoms with Crippen LogP contribution >= 0.6 is 0 Å². The van der Waals surface area contributed by atoms with Gasteiger partial charge < -0.3 is 15.1 Å². The van der Waals surface area contributed by atoms with E-state index in [9.17, 15) is 22.8 Å². The number of nitrogens with one attached hydrogen (secondary N) is 1. The maximum atomic E-state index is 12.4. The molecule has 118 valence electrons. The third-order valence-electron chi connectivity index (χ3n) is 2.44. The molecule has 0 aliphatic rings. The summed E-state index contributed by atoms with van der Waals surface area (Å²) in [5.74, 6) is -1.23. The molecule has 8 heteroatoms. The number of carbonyl (C=O) groups is 2. The van der Waals surface area contributed by atoms with Gasteiger partial charge in [-0.25, -0.2) is 0 Å². The Balaban J connectivity index is 4.58. The van der Waals surface area contributed by atoms with E-state index in [0.717, 1.165) is 4.90 Å². The van der Waals surface area contributed by atoms with Crippen molar-refractivity contribution in [1.82, 2.24) is 15.1 Å². The van der Waals surface area contributed by atoms with Crippen molar-refractivity contribution in [3.8, 4) is 0 Å². The number of amides is 2. The molecular formula is C12H22F3N3O2. The molecule has 2 amide bonds. The summed E-state index contributed by atoms with van der Waals surface area (Å²) in [6.07, 6.45) is -4.59. The molecule has 0 fully saturated rings. The highest BCUT2D eigenvalue weighted by Gasteiger charge is 2.33. The van der Waals surface area contributed by atoms with Crippen LogP contribution in [-0.2, 0) is 9.59 Å². The first-order valence-electron chi connectivity index (χ1n) is 6.31. The second-order valence-electron chi connectivity index (χ2n) is 5.01. The molecule has 0 unspecified atom stereocenters. The molecule has 0 bridgehead atoms. The maximum Gasteiger partial charge on any atom is 0.406 e. The van der Waals surface area contributed by atoms with E-state index >= 15 is 0 Å². The molecule has 0 aromatic heterocycles. The van der Waals surface area contributed by atoms with Crippen LogP contribution in [0.3, 0.4) is 0 Å². The summed E-state index contributed by atoms with van der Waals surface area (Å²) >= 11 is 0. The van der Waals surface area contributed by atoms with Crippen LogP contribution in [0.25, 0.3) is 0 Å². The minimum atomic E-state index is -4.52. The topological polar surface area (TPSA) is 52.7 Å². The highest BCUT2D eigenvalue weighted by Crippen LogP contribution is 2.17. The second-order valence-corrected chi connectivity index (χ2v) is 5.01. The van der Waals surface area contributed by atoms with Crippen molar-refractivity contribution in [2.75, 3.05) is 33.7 Å². The van der Waals surface area contributed by atoms with E-state index in [1.807, 2.05) is 13.8 Å². The van der Waals surface area contributed by atoms with Crippen LogP contribution in [0.1, 0.15) is 20.3 Å². The standard InChI is InChI=1S/C12H22F3N3O2/c1-9(2)16-6-5-10(19)18(8-12(13,14)15)7-11(20)17(3)4/h9,16H,5-8H2,1-4H3. The Kier molecular flexibility index (Phi) is 7.55. The summed E-state index contributed by atoms with van der Waals surface area (Å²) in [6, 6.07) is 0.141. The van der Waals surface area contributed by atoms with Crippen molar-refractivity contribution in [2.24, 2.45) is 0 Å². The highest BCUT2D eigenvalue weighted by molar-refractivity contribution is 5.84. The number of hydrogen-bond acceptors (Lipinski definition) is 3. The van der Waals surface area contributed by atoms with Gasteiger partial charge >= 0.3 is 6.18 Å². The fourth-order valence-electron chi connectivity index (χ4n) is 1.38. The Morgan fingerprint density at radius 1 is 1.15 bits per heavy atom. The Hall–Kier alpha value is -1.31. The summed E-state index contributed by atoms with van der Waals surface area (Å²) < 4.78 is 37.3. The molecule has 0 aromatic carbocycles. The normalized spacial score (nSPS) is 11.6. The number of likely N-dealkylation sites (N-methyl/N-ethyl adjacent to an activating group) is 1. The van der Waals surface area contributed by atoms with Gasteiger partial charge in [0.1, 0.15) is 13.1 Å². The Morgan fingerprint density at radius 3 is 2.10 bits per heavy atom. The number of hydrogen-bond donors (Lipinski definition) is 1. The Morgan fingerprint density at radius 2 is 1.70 bits per heavy atom. The lowest BCUT2D eigenvalue weighted by molar-refractivity contribution is -0.164. The lowest BCUT2D eigenvalue weighted by Gasteiger charge is -2.25. The average Bonchev–Trinajstić information content (AvgIpc) is 2.25. The van der Waals surface area contributed by atoms with E-state index in [1.165, 1.54) is 14.1 Å². The summed E-state index contributed by atoms with van der Waals surface area (Å²) in [5.41, 5.74) is 0. The van der Waals surface area contributed by atoms with Gasteiger partial charge in [0.2, 0.25) is 11.8 Å². The first-order valence-corrected chi connectivity index (χ1v) is 6.31. The molecular weight excluding hydrogens is 275 g/mol. The maximum absolute atomic E-state index is 12.4. The molecule has 5 nitrogen and oxygen atoms in total. The van der Waals surface area contributed by atoms with Crippen molar-refractivity contribution in [3.63, 3.8) is 0 Å². The highest BCUT2D eigenvalue weighted by atomic mass is 19.4. The first-order chi connectivity index (χ1) is 9.03. The largest absolute Gasteiger partial charge is 0.406 e. The monoisotopic (exact) mass is 297 g/mol. The zero-order chi connectivity index (χ0) is 15.9. The predicted octanol–water partition coefficient (Wildman–Crippen LogP) is 0.854. The quantitative estimate of drug-likeness (QED) is 0.758. The van der Waals surface area contributed by atoms with E-state index in [4.69, 9.17) is 0 Å². The van der Waals surface area contributed by atoms with Crippen LogP contribution in [0, 0.1) is 0 Å². The number of rotatable bonds is 7. The van der Waals surface area contributed by atoms with Gasteiger partial charge in [0, 0.05) is 33.1 Å². The fourth-order valence-corrected chi connectivity index (χ4v) is 1.38. The third-order valence-corrected chi connectivity index (χ3v) is 2.44. The molecule has 0 saturated heterocycles. The summed E-state index contributed by atoms with van der Waals surface area (Å²) in [6.45, 7) is 2.04. The van der Waals surface area contributed by atoms with Crippen molar-refractivity contribution in [1.29, 1.82) is 0 Å². The van der Waals surface area contributed by atoms with Gasteiger partial charge in [-0.1, -0.05) is 13.8 Å². The summed E-state index contributed by atoms with van der Waals surface area (Å²) in [7, 11) is 2.86. The average molecular weight is 297 g/mol. The number of carbonyl (C=O) groups excluding carboxylic acids is 2. The molecule has 0 atom stereocenters. The van der Waals surface area contributed by atoms with E-state index in [-0.39, 0.29) is 19.0 Å². The van der Waals surface area contributed by atoms with E-state index in [0.29, 0.717) is 4.90 Å². The lowest BCUT2D eigenvalue weighted by Crippen LogP contribution is -2.45. The van der Waals surface area contributed by atoms with Gasteiger partial charge in [-0.3, -0.25) is 9.59 Å². The van der Waals surface area contributed by atoms with Crippen LogP contribution in [-0.4, -0.2) is 67.6 Å². The van der Waals surface area contributed by atoms with Gasteiger partial charge in [0.05, 0.1) is 0 Å². The van der Waals surface area contributed by atoms with Gasteiger partial charge in [-0.05, 0) is 0 Å². The molecule has 20 heavy (non-hydrogen) atoms. The van der Waals surface area contributed by atoms with Crippen LogP contribution in [0.5, 0.6) is 0 Å². The van der Waals surface area contributed by atoms with Gasteiger partial charge in [0.15, 0.2) is 0 Å². The minimum absolute atomic E-state index is 0.0744. The Labute approximate surface area is 117 Å². The van der Waals surface area contributed by atoms with Crippen molar-refractivity contribution in [3.05, 3.63) is 0 Å². The smallest absolute Gasteiger partial charge is 0.347 e. The molecule has 0 radical (unpaired) electrons. The lowest BCUT2D eigenvalue weighted by atomic mass is 10.3. The van der Waals surface area contributed by atoms with Crippen LogP contribution in [0.4, 0.5) is 13.2 Å². The Bertz CT molecular complexity index is 330. The first kappa shape index (κ1) is 18.7. The SMILES string of the molecule is CC(C)NCCC(=O)N(CC(=O)N(C)C)CC(F)(F)F. The van der Waals surface area contributed by atoms with Crippen LogP contribution < -0.4 is 5.32 Å². The van der Waals surface area contributed by atoms with E-state index in [1.54, 1.807) is 0 Å². The zero-order valence-electron chi connectivity index (χ0n) is 12.3. The predicted molar refractivity (Wildman–Crippen MR) is 69.1 cm³/mol. The van der Waals surface area contributed by atoms with Crippen molar-refractivity contribution >= 4 is 11.8 Å². The number of halogens is 3. The molecule has 0 aliphatic heterocycles. The van der Waals surface area contributed by atoms with Crippen LogP contribution in [0.15, 0.2) is 0 Å². The summed E-state index contributed by atoms with van der Waals surface area (Å²) in [5, 5.41) is 2.95. The van der Waals surface area contributed by atoms with E-state index in [2.05, 4.69) is 5.32 Å². The molecule has 0 heterocycles. The second kappa shape index (κ2) is 8.08. The summed E-state index contributed by atoms with van der Waals surface area (Å²) in [4.78, 5) is 25.0. The van der Waals surface area contributed by atoms with Gasteiger partial charge in [0.25, 0.3) is 0 Å². The van der Waals surface area contributed by atoms with Crippen LogP contribution in [0.2, 0.25) is 0 Å². The third kappa shape index (κ3) is 8.73. The molecule has 1 N–H and O–H groups in total. The minimum Gasteiger partial charge on any atom is -0.347 e. The number of nitrogens with zero attached hydrogens (tertiary/aromatic N) is 2. The molecule has 0 spiro atoms. The molecule has 0 saturated carbocycles.